The summed E-state index contributed by atoms with van der Waals surface area (Å²) < 4.78 is 6.86. The van der Waals surface area contributed by atoms with Crippen molar-refractivity contribution in [3.05, 3.63) is 28.2 Å². The van der Waals surface area contributed by atoms with Crippen LogP contribution in [-0.2, 0) is 6.54 Å². The van der Waals surface area contributed by atoms with Gasteiger partial charge in [0.25, 0.3) is 0 Å². The van der Waals surface area contributed by atoms with Crippen LogP contribution >= 0.6 is 15.9 Å². The van der Waals surface area contributed by atoms with Gasteiger partial charge in [0.15, 0.2) is 0 Å². The Morgan fingerprint density at radius 2 is 2.00 bits per heavy atom. The lowest BCUT2D eigenvalue weighted by Gasteiger charge is -2.19. The number of hydrogen-bond acceptors (Lipinski definition) is 2. The van der Waals surface area contributed by atoms with E-state index in [-0.39, 0.29) is 0 Å². The van der Waals surface area contributed by atoms with Gasteiger partial charge in [0, 0.05) is 23.1 Å². The van der Waals surface area contributed by atoms with Crippen molar-refractivity contribution in [2.24, 2.45) is 5.41 Å². The van der Waals surface area contributed by atoms with Crippen molar-refractivity contribution in [1.82, 2.24) is 5.32 Å². The Morgan fingerprint density at radius 1 is 1.28 bits per heavy atom. The van der Waals surface area contributed by atoms with E-state index in [1.807, 2.05) is 12.1 Å². The molecular formula is C15H24BrNO. The first-order chi connectivity index (χ1) is 8.42. The van der Waals surface area contributed by atoms with E-state index in [4.69, 9.17) is 4.74 Å². The molecule has 2 nitrogen and oxygen atoms in total. The van der Waals surface area contributed by atoms with Crippen molar-refractivity contribution in [3.8, 4) is 5.75 Å². The van der Waals surface area contributed by atoms with E-state index in [9.17, 15) is 0 Å². The van der Waals surface area contributed by atoms with E-state index >= 15 is 0 Å². The molecule has 0 amide bonds. The third-order valence-corrected chi connectivity index (χ3v) is 2.95. The number of halogens is 1. The zero-order valence-electron chi connectivity index (χ0n) is 11.8. The van der Waals surface area contributed by atoms with Crippen molar-refractivity contribution < 1.29 is 4.74 Å². The van der Waals surface area contributed by atoms with E-state index in [1.165, 1.54) is 5.56 Å². The van der Waals surface area contributed by atoms with Gasteiger partial charge >= 0.3 is 0 Å². The quantitative estimate of drug-likeness (QED) is 0.841. The molecule has 0 saturated carbocycles. The van der Waals surface area contributed by atoms with E-state index < -0.39 is 0 Å². The van der Waals surface area contributed by atoms with E-state index in [2.05, 4.69) is 55.0 Å². The average molecular weight is 314 g/mol. The predicted molar refractivity (Wildman–Crippen MR) is 81.1 cm³/mol. The second-order valence-corrected chi connectivity index (χ2v) is 6.68. The molecule has 1 aromatic rings. The summed E-state index contributed by atoms with van der Waals surface area (Å²) in [6, 6.07) is 6.19. The Balaban J connectivity index is 2.64. The molecular weight excluding hydrogens is 290 g/mol. The van der Waals surface area contributed by atoms with Gasteiger partial charge in [0.05, 0.1) is 6.61 Å². The van der Waals surface area contributed by atoms with E-state index in [0.717, 1.165) is 36.3 Å². The summed E-state index contributed by atoms with van der Waals surface area (Å²) in [6.45, 7) is 11.4. The molecule has 1 N–H and O–H groups in total. The Hall–Kier alpha value is -0.540. The number of benzene rings is 1. The highest BCUT2D eigenvalue weighted by Crippen LogP contribution is 2.23. The van der Waals surface area contributed by atoms with Gasteiger partial charge in [0.1, 0.15) is 5.75 Å². The fourth-order valence-electron chi connectivity index (χ4n) is 1.61. The number of rotatable bonds is 6. The van der Waals surface area contributed by atoms with Crippen LogP contribution in [0, 0.1) is 5.41 Å². The minimum Gasteiger partial charge on any atom is -0.493 e. The summed E-state index contributed by atoms with van der Waals surface area (Å²) in [4.78, 5) is 0. The fourth-order valence-corrected chi connectivity index (χ4v) is 2.02. The van der Waals surface area contributed by atoms with Crippen LogP contribution in [0.5, 0.6) is 5.75 Å². The molecule has 1 aromatic carbocycles. The lowest BCUT2D eigenvalue weighted by atomic mass is 9.97. The molecule has 18 heavy (non-hydrogen) atoms. The lowest BCUT2D eigenvalue weighted by Crippen LogP contribution is -2.26. The second kappa shape index (κ2) is 7.15. The van der Waals surface area contributed by atoms with Crippen LogP contribution in [0.15, 0.2) is 22.7 Å². The summed E-state index contributed by atoms with van der Waals surface area (Å²) in [6.07, 6.45) is 1.03. The molecule has 0 heterocycles. The normalized spacial score (nSPS) is 11.6. The summed E-state index contributed by atoms with van der Waals surface area (Å²) >= 11 is 3.51. The second-order valence-electron chi connectivity index (χ2n) is 5.76. The summed E-state index contributed by atoms with van der Waals surface area (Å²) in [7, 11) is 0. The molecule has 0 spiro atoms. The highest BCUT2D eigenvalue weighted by Gasteiger charge is 2.10. The summed E-state index contributed by atoms with van der Waals surface area (Å²) in [5, 5.41) is 3.48. The number of ether oxygens (including phenoxy) is 1. The highest BCUT2D eigenvalue weighted by atomic mass is 79.9. The Morgan fingerprint density at radius 3 is 2.61 bits per heavy atom. The van der Waals surface area contributed by atoms with Crippen LogP contribution in [0.4, 0.5) is 0 Å². The minimum absolute atomic E-state index is 0.302. The molecule has 102 valence electrons. The summed E-state index contributed by atoms with van der Waals surface area (Å²) in [5.41, 5.74) is 1.51. The van der Waals surface area contributed by atoms with Crippen LogP contribution in [0.1, 0.15) is 39.7 Å². The molecule has 0 bridgehead atoms. The molecule has 0 aliphatic heterocycles. The van der Waals surface area contributed by atoms with Gasteiger partial charge in [-0.2, -0.15) is 0 Å². The van der Waals surface area contributed by atoms with Gasteiger partial charge in [-0.1, -0.05) is 43.6 Å². The van der Waals surface area contributed by atoms with Crippen LogP contribution in [0.25, 0.3) is 0 Å². The Labute approximate surface area is 119 Å². The van der Waals surface area contributed by atoms with Crippen molar-refractivity contribution in [1.29, 1.82) is 0 Å². The Kier molecular flexibility index (Phi) is 6.16. The molecule has 3 heteroatoms. The minimum atomic E-state index is 0.302. The first-order valence-corrected chi connectivity index (χ1v) is 7.33. The largest absolute Gasteiger partial charge is 0.493 e. The Bertz CT molecular complexity index is 371. The summed E-state index contributed by atoms with van der Waals surface area (Å²) in [5.74, 6) is 0.987. The molecule has 0 fully saturated rings. The molecule has 0 aliphatic rings. The molecule has 1 rings (SSSR count). The molecule has 0 aliphatic carbocycles. The molecule has 0 atom stereocenters. The maximum Gasteiger partial charge on any atom is 0.123 e. The van der Waals surface area contributed by atoms with E-state index in [0.29, 0.717) is 5.41 Å². The number of hydrogen-bond donors (Lipinski definition) is 1. The van der Waals surface area contributed by atoms with Crippen LogP contribution in [0.2, 0.25) is 0 Å². The smallest absolute Gasteiger partial charge is 0.123 e. The molecule has 0 unspecified atom stereocenters. The topological polar surface area (TPSA) is 21.3 Å². The van der Waals surface area contributed by atoms with Crippen LogP contribution in [-0.4, -0.2) is 13.2 Å². The third-order valence-electron chi connectivity index (χ3n) is 2.46. The predicted octanol–water partition coefficient (Wildman–Crippen LogP) is 4.37. The molecule has 0 aromatic heterocycles. The van der Waals surface area contributed by atoms with Gasteiger partial charge in [-0.05, 0) is 30.0 Å². The fraction of sp³-hybridized carbons (Fsp3) is 0.600. The molecule has 0 radical (unpaired) electrons. The standard InChI is InChI=1S/C15H24BrNO/c1-5-8-18-14-7-6-13(16)9-12(14)10-17-11-15(2,3)4/h6-7,9,17H,5,8,10-11H2,1-4H3. The van der Waals surface area contributed by atoms with Gasteiger partial charge in [-0.3, -0.25) is 0 Å². The average Bonchev–Trinajstić information content (AvgIpc) is 2.26. The van der Waals surface area contributed by atoms with Crippen molar-refractivity contribution in [3.63, 3.8) is 0 Å². The maximum absolute atomic E-state index is 5.76. The third kappa shape index (κ3) is 5.87. The zero-order valence-corrected chi connectivity index (χ0v) is 13.4. The van der Waals surface area contributed by atoms with E-state index in [1.54, 1.807) is 0 Å². The van der Waals surface area contributed by atoms with Gasteiger partial charge in [0.2, 0.25) is 0 Å². The van der Waals surface area contributed by atoms with Crippen molar-refractivity contribution in [2.75, 3.05) is 13.2 Å². The monoisotopic (exact) mass is 313 g/mol. The van der Waals surface area contributed by atoms with Crippen LogP contribution in [0.3, 0.4) is 0 Å². The van der Waals surface area contributed by atoms with Crippen molar-refractivity contribution >= 4 is 15.9 Å². The zero-order chi connectivity index (χ0) is 13.6. The van der Waals surface area contributed by atoms with Crippen molar-refractivity contribution in [2.45, 2.75) is 40.7 Å². The van der Waals surface area contributed by atoms with Crippen LogP contribution < -0.4 is 10.1 Å². The SMILES string of the molecule is CCCOc1ccc(Br)cc1CNCC(C)(C)C. The van der Waals surface area contributed by atoms with Gasteiger partial charge in [-0.15, -0.1) is 0 Å². The number of nitrogens with one attached hydrogen (secondary N) is 1. The highest BCUT2D eigenvalue weighted by molar-refractivity contribution is 9.10. The van der Waals surface area contributed by atoms with Gasteiger partial charge in [-0.25, -0.2) is 0 Å². The maximum atomic E-state index is 5.76. The lowest BCUT2D eigenvalue weighted by molar-refractivity contribution is 0.311. The first kappa shape index (κ1) is 15.5. The first-order valence-electron chi connectivity index (χ1n) is 6.54. The van der Waals surface area contributed by atoms with Gasteiger partial charge < -0.3 is 10.1 Å². The molecule has 0 saturated heterocycles.